The first-order valence-electron chi connectivity index (χ1n) is 6.00. The fraction of sp³-hybridized carbons (Fsp3) is 0.308. The highest BCUT2D eigenvalue weighted by molar-refractivity contribution is 5.58. The van der Waals surface area contributed by atoms with Crippen molar-refractivity contribution in [2.75, 3.05) is 31.2 Å². The summed E-state index contributed by atoms with van der Waals surface area (Å²) in [4.78, 5) is 6.26. The van der Waals surface area contributed by atoms with Crippen LogP contribution < -0.4 is 4.90 Å². The molecule has 1 aliphatic heterocycles. The van der Waals surface area contributed by atoms with E-state index in [1.165, 1.54) is 0 Å². The van der Waals surface area contributed by atoms with Crippen LogP contribution in [0.3, 0.4) is 0 Å². The third-order valence-corrected chi connectivity index (χ3v) is 2.94. The number of hydrogen-bond acceptors (Lipinski definition) is 5. The molecule has 0 bridgehead atoms. The highest BCUT2D eigenvalue weighted by atomic mass is 16.5. The van der Waals surface area contributed by atoms with Crippen molar-refractivity contribution in [2.24, 2.45) is 0 Å². The number of hydrogen-bond donors (Lipinski definition) is 0. The highest BCUT2D eigenvalue weighted by Crippen LogP contribution is 2.17. The van der Waals surface area contributed by atoms with Crippen molar-refractivity contribution in [1.29, 1.82) is 0 Å². The molecule has 3 rings (SSSR count). The van der Waals surface area contributed by atoms with E-state index in [4.69, 9.17) is 4.74 Å². The second-order valence-corrected chi connectivity index (χ2v) is 4.12. The number of morpholine rings is 1. The second kappa shape index (κ2) is 5.10. The summed E-state index contributed by atoms with van der Waals surface area (Å²) in [5.74, 6) is 0.908. The van der Waals surface area contributed by atoms with E-state index in [1.807, 2.05) is 24.3 Å². The average molecular weight is 242 g/mol. The summed E-state index contributed by atoms with van der Waals surface area (Å²) < 4.78 is 5.32. The van der Waals surface area contributed by atoms with Crippen LogP contribution in [0.15, 0.2) is 36.7 Å². The lowest BCUT2D eigenvalue weighted by atomic mass is 10.2. The van der Waals surface area contributed by atoms with Crippen LogP contribution in [0.2, 0.25) is 0 Å². The molecule has 0 amide bonds. The molecule has 1 fully saturated rings. The van der Waals surface area contributed by atoms with Crippen LogP contribution in [-0.2, 0) is 4.74 Å². The minimum atomic E-state index is 0.756. The molecule has 5 nitrogen and oxygen atoms in total. The fourth-order valence-corrected chi connectivity index (χ4v) is 1.95. The summed E-state index contributed by atoms with van der Waals surface area (Å²) in [6.45, 7) is 3.26. The Morgan fingerprint density at radius 3 is 2.61 bits per heavy atom. The van der Waals surface area contributed by atoms with E-state index in [1.54, 1.807) is 12.4 Å². The van der Waals surface area contributed by atoms with Crippen LogP contribution in [0.1, 0.15) is 0 Å². The SMILES string of the molecule is c1cncc(-c2ccc(N3CCOCC3)nn2)c1. The lowest BCUT2D eigenvalue weighted by Crippen LogP contribution is -2.36. The van der Waals surface area contributed by atoms with Gasteiger partial charge in [0.1, 0.15) is 0 Å². The molecule has 2 aromatic heterocycles. The van der Waals surface area contributed by atoms with Gasteiger partial charge in [-0.15, -0.1) is 10.2 Å². The van der Waals surface area contributed by atoms with Gasteiger partial charge in [0.15, 0.2) is 5.82 Å². The van der Waals surface area contributed by atoms with Gasteiger partial charge in [-0.2, -0.15) is 0 Å². The lowest BCUT2D eigenvalue weighted by molar-refractivity contribution is 0.122. The Kier molecular flexibility index (Phi) is 3.14. The first kappa shape index (κ1) is 11.1. The Bertz CT molecular complexity index is 494. The zero-order valence-electron chi connectivity index (χ0n) is 9.99. The largest absolute Gasteiger partial charge is 0.378 e. The molecule has 1 saturated heterocycles. The number of ether oxygens (including phenoxy) is 1. The molecule has 18 heavy (non-hydrogen) atoms. The van der Waals surface area contributed by atoms with Crippen LogP contribution in [0, 0.1) is 0 Å². The van der Waals surface area contributed by atoms with E-state index in [0.717, 1.165) is 43.4 Å². The standard InChI is InChI=1S/C13H14N4O/c1-2-11(10-14-5-1)12-3-4-13(16-15-12)17-6-8-18-9-7-17/h1-5,10H,6-9H2. The van der Waals surface area contributed by atoms with Gasteiger partial charge in [-0.25, -0.2) is 0 Å². The summed E-state index contributed by atoms with van der Waals surface area (Å²) in [5.41, 5.74) is 1.83. The molecule has 1 aliphatic rings. The Labute approximate surface area is 105 Å². The van der Waals surface area contributed by atoms with Gasteiger partial charge < -0.3 is 9.64 Å². The van der Waals surface area contributed by atoms with Gasteiger partial charge in [-0.05, 0) is 24.3 Å². The Morgan fingerprint density at radius 2 is 1.94 bits per heavy atom. The van der Waals surface area contributed by atoms with E-state index in [-0.39, 0.29) is 0 Å². The second-order valence-electron chi connectivity index (χ2n) is 4.12. The molecular weight excluding hydrogens is 228 g/mol. The van der Waals surface area contributed by atoms with Gasteiger partial charge in [0.25, 0.3) is 0 Å². The average Bonchev–Trinajstić information content (AvgIpc) is 2.49. The number of aromatic nitrogens is 3. The third-order valence-electron chi connectivity index (χ3n) is 2.94. The Balaban J connectivity index is 1.80. The van der Waals surface area contributed by atoms with E-state index >= 15 is 0 Å². The molecule has 0 unspecified atom stereocenters. The highest BCUT2D eigenvalue weighted by Gasteiger charge is 2.12. The smallest absolute Gasteiger partial charge is 0.151 e. The summed E-state index contributed by atoms with van der Waals surface area (Å²) >= 11 is 0. The minimum absolute atomic E-state index is 0.756. The number of anilines is 1. The molecule has 5 heteroatoms. The van der Waals surface area contributed by atoms with Crippen molar-refractivity contribution >= 4 is 5.82 Å². The number of pyridine rings is 1. The van der Waals surface area contributed by atoms with Crippen molar-refractivity contribution in [3.63, 3.8) is 0 Å². The Hall–Kier alpha value is -2.01. The van der Waals surface area contributed by atoms with Gasteiger partial charge in [-0.1, -0.05) is 0 Å². The molecule has 0 saturated carbocycles. The van der Waals surface area contributed by atoms with Crippen molar-refractivity contribution in [2.45, 2.75) is 0 Å². The lowest BCUT2D eigenvalue weighted by Gasteiger charge is -2.27. The number of rotatable bonds is 2. The summed E-state index contributed by atoms with van der Waals surface area (Å²) in [6.07, 6.45) is 3.54. The van der Waals surface area contributed by atoms with Gasteiger partial charge in [0.2, 0.25) is 0 Å². The van der Waals surface area contributed by atoms with Crippen LogP contribution in [-0.4, -0.2) is 41.5 Å². The van der Waals surface area contributed by atoms with E-state index < -0.39 is 0 Å². The predicted molar refractivity (Wildman–Crippen MR) is 68.3 cm³/mol. The van der Waals surface area contributed by atoms with Crippen LogP contribution in [0.5, 0.6) is 0 Å². The van der Waals surface area contributed by atoms with Crippen molar-refractivity contribution in [3.8, 4) is 11.3 Å². The van der Waals surface area contributed by atoms with Crippen LogP contribution in [0.25, 0.3) is 11.3 Å². The zero-order valence-corrected chi connectivity index (χ0v) is 9.99. The zero-order chi connectivity index (χ0) is 12.2. The monoisotopic (exact) mass is 242 g/mol. The Morgan fingerprint density at radius 1 is 1.06 bits per heavy atom. The summed E-state index contributed by atoms with van der Waals surface area (Å²) in [5, 5.41) is 8.52. The van der Waals surface area contributed by atoms with E-state index in [9.17, 15) is 0 Å². The first-order valence-corrected chi connectivity index (χ1v) is 6.00. The first-order chi connectivity index (χ1) is 8.93. The summed E-state index contributed by atoms with van der Waals surface area (Å²) in [6, 6.07) is 7.85. The van der Waals surface area contributed by atoms with E-state index in [2.05, 4.69) is 20.1 Å². The molecule has 92 valence electrons. The van der Waals surface area contributed by atoms with Crippen molar-refractivity contribution in [3.05, 3.63) is 36.7 Å². The molecule has 2 aromatic rings. The molecule has 0 aromatic carbocycles. The van der Waals surface area contributed by atoms with E-state index in [0.29, 0.717) is 0 Å². The van der Waals surface area contributed by atoms with Gasteiger partial charge in [0.05, 0.1) is 18.9 Å². The van der Waals surface area contributed by atoms with Gasteiger partial charge in [-0.3, -0.25) is 4.98 Å². The van der Waals surface area contributed by atoms with Gasteiger partial charge >= 0.3 is 0 Å². The summed E-state index contributed by atoms with van der Waals surface area (Å²) in [7, 11) is 0. The molecule has 3 heterocycles. The quantitative estimate of drug-likeness (QED) is 0.796. The normalized spacial score (nSPS) is 15.7. The third kappa shape index (κ3) is 2.31. The van der Waals surface area contributed by atoms with Gasteiger partial charge in [0, 0.05) is 31.0 Å². The molecule has 0 N–H and O–H groups in total. The predicted octanol–water partition coefficient (Wildman–Crippen LogP) is 1.38. The van der Waals surface area contributed by atoms with Crippen LogP contribution in [0.4, 0.5) is 5.82 Å². The molecule has 0 aliphatic carbocycles. The molecule has 0 atom stereocenters. The molecule has 0 radical (unpaired) electrons. The van der Waals surface area contributed by atoms with Crippen LogP contribution >= 0.6 is 0 Å². The van der Waals surface area contributed by atoms with Crippen molar-refractivity contribution in [1.82, 2.24) is 15.2 Å². The maximum atomic E-state index is 5.32. The fourth-order valence-electron chi connectivity index (χ4n) is 1.95. The molecule has 0 spiro atoms. The molecular formula is C13H14N4O. The van der Waals surface area contributed by atoms with Crippen molar-refractivity contribution < 1.29 is 4.74 Å². The topological polar surface area (TPSA) is 51.1 Å². The maximum Gasteiger partial charge on any atom is 0.151 e. The maximum absolute atomic E-state index is 5.32. The minimum Gasteiger partial charge on any atom is -0.378 e. The number of nitrogens with zero attached hydrogens (tertiary/aromatic N) is 4.